The van der Waals surface area contributed by atoms with Gasteiger partial charge in [-0.3, -0.25) is 9.59 Å². The first-order valence-corrected chi connectivity index (χ1v) is 8.17. The Morgan fingerprint density at radius 1 is 1.14 bits per heavy atom. The van der Waals surface area contributed by atoms with Crippen molar-refractivity contribution in [2.24, 2.45) is 22.7 Å². The van der Waals surface area contributed by atoms with Crippen LogP contribution in [0.1, 0.15) is 61.8 Å². The van der Waals surface area contributed by atoms with Crippen molar-refractivity contribution in [2.45, 2.75) is 67.4 Å². The Morgan fingerprint density at radius 3 is 1.86 bits per heavy atom. The molecule has 1 aliphatic carbocycles. The van der Waals surface area contributed by atoms with Crippen molar-refractivity contribution in [2.75, 3.05) is 13.1 Å². The third-order valence-corrected chi connectivity index (χ3v) is 4.56. The smallest absolute Gasteiger partial charge is 0.293 e. The van der Waals surface area contributed by atoms with Gasteiger partial charge in [-0.2, -0.15) is 0 Å². The fraction of sp³-hybridized carbons (Fsp3) is 0.889. The molecule has 1 heterocycles. The summed E-state index contributed by atoms with van der Waals surface area (Å²) in [5.41, 5.74) is 0.319. The number of amides is 1. The summed E-state index contributed by atoms with van der Waals surface area (Å²) < 4.78 is 4.55. The molecular weight excluding hydrogens is 278 g/mol. The zero-order valence-corrected chi connectivity index (χ0v) is 15.5. The lowest BCUT2D eigenvalue weighted by molar-refractivity contribution is -0.138. The molecule has 0 aromatic heterocycles. The maximum Gasteiger partial charge on any atom is 0.293 e. The Morgan fingerprint density at radius 2 is 1.59 bits per heavy atom. The van der Waals surface area contributed by atoms with Crippen LogP contribution < -0.4 is 0 Å². The Hall–Kier alpha value is -1.06. The average molecular weight is 311 g/mol. The Kier molecular flexibility index (Phi) is 5.36. The summed E-state index contributed by atoms with van der Waals surface area (Å²) in [5.74, 6) is 1.91. The monoisotopic (exact) mass is 311 g/mol. The predicted molar refractivity (Wildman–Crippen MR) is 88.3 cm³/mol. The van der Waals surface area contributed by atoms with E-state index in [1.165, 1.54) is 0 Å². The van der Waals surface area contributed by atoms with E-state index in [1.54, 1.807) is 0 Å². The molecule has 128 valence electrons. The quantitative estimate of drug-likeness (QED) is 0.733. The maximum atomic E-state index is 12.0. The Bertz CT molecular complexity index is 401. The molecule has 4 nitrogen and oxygen atoms in total. The van der Waals surface area contributed by atoms with E-state index in [-0.39, 0.29) is 11.0 Å². The second kappa shape index (κ2) is 6.21. The van der Waals surface area contributed by atoms with Crippen molar-refractivity contribution >= 4 is 12.4 Å². The standard InChI is InChI=1S/C13H23NO.C5H10O2/c1-12(2,3)6-11(15)14-7-9-10(8-14)13(9,4)5;1-5(2,3)7-4-6/h9-10H,6-8H2,1-5H3;4H,1-3H3. The molecule has 22 heavy (non-hydrogen) atoms. The highest BCUT2D eigenvalue weighted by atomic mass is 16.5. The van der Waals surface area contributed by atoms with E-state index in [1.807, 2.05) is 20.8 Å². The fourth-order valence-electron chi connectivity index (χ4n) is 3.05. The van der Waals surface area contributed by atoms with Gasteiger partial charge in [0.2, 0.25) is 5.91 Å². The van der Waals surface area contributed by atoms with Gasteiger partial charge < -0.3 is 9.64 Å². The molecule has 0 spiro atoms. The lowest BCUT2D eigenvalue weighted by atomic mass is 9.91. The number of nitrogens with zero attached hydrogens (tertiary/aromatic N) is 1. The van der Waals surface area contributed by atoms with Gasteiger partial charge in [0.05, 0.1) is 0 Å². The van der Waals surface area contributed by atoms with Gasteiger partial charge in [0.25, 0.3) is 6.47 Å². The van der Waals surface area contributed by atoms with Gasteiger partial charge >= 0.3 is 0 Å². The molecule has 4 heteroatoms. The molecule has 2 unspecified atom stereocenters. The molecule has 0 aromatic rings. The van der Waals surface area contributed by atoms with Gasteiger partial charge in [0.1, 0.15) is 5.60 Å². The molecule has 2 rings (SSSR count). The highest BCUT2D eigenvalue weighted by molar-refractivity contribution is 5.77. The number of piperidine rings is 1. The fourth-order valence-corrected chi connectivity index (χ4v) is 3.05. The van der Waals surface area contributed by atoms with Crippen LogP contribution in [-0.4, -0.2) is 36.0 Å². The van der Waals surface area contributed by atoms with Gasteiger partial charge in [-0.25, -0.2) is 0 Å². The van der Waals surface area contributed by atoms with E-state index < -0.39 is 0 Å². The minimum absolute atomic E-state index is 0.124. The maximum absolute atomic E-state index is 12.0. The molecule has 2 fully saturated rings. The molecule has 1 aliphatic heterocycles. The largest absolute Gasteiger partial charge is 0.462 e. The number of fused-ring (bicyclic) bond motifs is 1. The van der Waals surface area contributed by atoms with Crippen molar-refractivity contribution in [3.05, 3.63) is 0 Å². The van der Waals surface area contributed by atoms with Crippen molar-refractivity contribution in [3.8, 4) is 0 Å². The lowest BCUT2D eigenvalue weighted by Gasteiger charge is -2.26. The second-order valence-electron chi connectivity index (χ2n) is 9.40. The predicted octanol–water partition coefficient (Wildman–Crippen LogP) is 3.49. The summed E-state index contributed by atoms with van der Waals surface area (Å²) in [5, 5.41) is 0. The summed E-state index contributed by atoms with van der Waals surface area (Å²) in [6.07, 6.45) is 0.687. The molecule has 2 aliphatic rings. The molecule has 0 aromatic carbocycles. The first-order chi connectivity index (χ1) is 9.78. The number of carbonyl (C=O) groups is 2. The summed E-state index contributed by atoms with van der Waals surface area (Å²) in [6, 6.07) is 0. The number of carbonyl (C=O) groups excluding carboxylic acids is 2. The first kappa shape index (κ1) is 19.0. The van der Waals surface area contributed by atoms with E-state index >= 15 is 0 Å². The SMILES string of the molecule is CC(C)(C)CC(=O)N1CC2C(C1)C2(C)C.CC(C)(C)OC=O. The van der Waals surface area contributed by atoms with E-state index in [9.17, 15) is 9.59 Å². The highest BCUT2D eigenvalue weighted by Gasteiger charge is 2.62. The number of rotatable bonds is 2. The summed E-state index contributed by atoms with van der Waals surface area (Å²) >= 11 is 0. The Labute approximate surface area is 135 Å². The molecule has 0 N–H and O–H groups in total. The van der Waals surface area contributed by atoms with Crippen LogP contribution in [0.15, 0.2) is 0 Å². The van der Waals surface area contributed by atoms with Crippen molar-refractivity contribution in [3.63, 3.8) is 0 Å². The van der Waals surface area contributed by atoms with E-state index in [0.717, 1.165) is 24.9 Å². The molecule has 1 saturated carbocycles. The van der Waals surface area contributed by atoms with Crippen LogP contribution in [0.2, 0.25) is 0 Å². The van der Waals surface area contributed by atoms with Crippen LogP contribution >= 0.6 is 0 Å². The third kappa shape index (κ3) is 5.29. The van der Waals surface area contributed by atoms with Crippen LogP contribution in [0.5, 0.6) is 0 Å². The number of hydrogen-bond donors (Lipinski definition) is 0. The van der Waals surface area contributed by atoms with Crippen LogP contribution in [-0.2, 0) is 14.3 Å². The normalized spacial score (nSPS) is 25.7. The van der Waals surface area contributed by atoms with E-state index in [4.69, 9.17) is 0 Å². The molecule has 1 saturated heterocycles. The number of likely N-dealkylation sites (tertiary alicyclic amines) is 1. The van der Waals surface area contributed by atoms with Crippen molar-refractivity contribution in [1.82, 2.24) is 4.90 Å². The summed E-state index contributed by atoms with van der Waals surface area (Å²) in [7, 11) is 0. The van der Waals surface area contributed by atoms with Gasteiger partial charge in [-0.15, -0.1) is 0 Å². The summed E-state index contributed by atoms with van der Waals surface area (Å²) in [4.78, 5) is 23.6. The highest BCUT2D eigenvalue weighted by Crippen LogP contribution is 2.62. The van der Waals surface area contributed by atoms with Crippen LogP contribution in [0.4, 0.5) is 0 Å². The number of hydrogen-bond acceptors (Lipinski definition) is 3. The number of ether oxygens (including phenoxy) is 1. The van der Waals surface area contributed by atoms with Crippen LogP contribution in [0.3, 0.4) is 0 Å². The molecular formula is C18H33NO3. The van der Waals surface area contributed by atoms with Gasteiger partial charge in [-0.1, -0.05) is 34.6 Å². The van der Waals surface area contributed by atoms with Crippen molar-refractivity contribution in [1.29, 1.82) is 0 Å². The van der Waals surface area contributed by atoms with Crippen molar-refractivity contribution < 1.29 is 14.3 Å². The lowest BCUT2D eigenvalue weighted by Crippen LogP contribution is -2.35. The van der Waals surface area contributed by atoms with Gasteiger partial charge in [0, 0.05) is 19.5 Å². The molecule has 2 atom stereocenters. The molecule has 1 amide bonds. The average Bonchev–Trinajstić information content (AvgIpc) is 2.69. The molecule has 0 radical (unpaired) electrons. The summed E-state index contributed by atoms with van der Waals surface area (Å²) in [6.45, 7) is 19.0. The first-order valence-electron chi connectivity index (χ1n) is 8.17. The zero-order chi connectivity index (χ0) is 17.3. The van der Waals surface area contributed by atoms with E-state index in [2.05, 4.69) is 44.3 Å². The van der Waals surface area contributed by atoms with Gasteiger partial charge in [0.15, 0.2) is 0 Å². The van der Waals surface area contributed by atoms with E-state index in [0.29, 0.717) is 24.2 Å². The molecule has 0 bridgehead atoms. The Balaban J connectivity index is 0.000000295. The van der Waals surface area contributed by atoms with Crippen LogP contribution in [0.25, 0.3) is 0 Å². The third-order valence-electron chi connectivity index (χ3n) is 4.56. The minimum atomic E-state index is -0.318. The topological polar surface area (TPSA) is 46.6 Å². The minimum Gasteiger partial charge on any atom is -0.462 e. The van der Waals surface area contributed by atoms with Gasteiger partial charge in [-0.05, 0) is 43.4 Å². The zero-order valence-electron chi connectivity index (χ0n) is 15.5. The van der Waals surface area contributed by atoms with Crippen LogP contribution in [0, 0.1) is 22.7 Å². The second-order valence-corrected chi connectivity index (χ2v) is 9.40.